The van der Waals surface area contributed by atoms with Crippen LogP contribution < -0.4 is 15.8 Å². The van der Waals surface area contributed by atoms with Gasteiger partial charge in [-0.1, -0.05) is 13.8 Å². The van der Waals surface area contributed by atoms with Crippen LogP contribution in [0.5, 0.6) is 5.88 Å². The smallest absolute Gasteiger partial charge is 0.258 e. The summed E-state index contributed by atoms with van der Waals surface area (Å²) in [5.41, 5.74) is 6.08. The minimum Gasteiger partial charge on any atom is -0.477 e. The number of carbonyl (C=O) groups excluding carboxylic acids is 2. The van der Waals surface area contributed by atoms with E-state index in [4.69, 9.17) is 15.2 Å². The molecule has 2 amide bonds. The Kier molecular flexibility index (Phi) is 9.28. The van der Waals surface area contributed by atoms with E-state index in [0.717, 1.165) is 11.8 Å². The number of nitrogens with two attached hydrogens (primary N) is 1. The number of hydrogen-bond acceptors (Lipinski definition) is 6. The van der Waals surface area contributed by atoms with Gasteiger partial charge in [-0.25, -0.2) is 4.68 Å². The molecule has 1 aromatic heterocycles. The van der Waals surface area contributed by atoms with E-state index < -0.39 is 0 Å². The predicted octanol–water partition coefficient (Wildman–Crippen LogP) is 2.69. The van der Waals surface area contributed by atoms with Gasteiger partial charge in [-0.05, 0) is 74.7 Å². The Hall–Kier alpha value is -2.13. The zero-order chi connectivity index (χ0) is 25.7. The van der Waals surface area contributed by atoms with Crippen LogP contribution in [-0.4, -0.2) is 72.5 Å². The average molecular weight is 504 g/mol. The molecule has 4 aliphatic rings. The molecule has 4 saturated carbocycles. The van der Waals surface area contributed by atoms with Crippen molar-refractivity contribution in [2.45, 2.75) is 71.4 Å². The van der Waals surface area contributed by atoms with Crippen LogP contribution in [-0.2, 0) is 16.1 Å². The van der Waals surface area contributed by atoms with Gasteiger partial charge in [0.2, 0.25) is 11.8 Å². The molecule has 5 rings (SSSR count). The number of hydrogen-bond donors (Lipinski definition) is 2. The molecule has 0 radical (unpaired) electrons. The summed E-state index contributed by atoms with van der Waals surface area (Å²) in [5.74, 6) is 3.70. The lowest BCUT2D eigenvalue weighted by atomic mass is 9.54. The van der Waals surface area contributed by atoms with Crippen molar-refractivity contribution in [2.75, 3.05) is 40.0 Å². The molecule has 9 nitrogen and oxygen atoms in total. The molecular weight excluding hydrogens is 458 g/mol. The van der Waals surface area contributed by atoms with Crippen molar-refractivity contribution in [3.63, 3.8) is 0 Å². The largest absolute Gasteiger partial charge is 0.477 e. The van der Waals surface area contributed by atoms with Gasteiger partial charge in [0.25, 0.3) is 5.91 Å². The van der Waals surface area contributed by atoms with E-state index in [2.05, 4.69) is 24.3 Å². The fraction of sp³-hybridized carbons (Fsp3) is 0.815. The lowest BCUT2D eigenvalue weighted by Gasteiger charge is -2.54. The quantitative estimate of drug-likeness (QED) is 0.404. The first-order valence-corrected chi connectivity index (χ1v) is 13.9. The van der Waals surface area contributed by atoms with Crippen LogP contribution in [0.25, 0.3) is 0 Å². The molecule has 0 unspecified atom stereocenters. The van der Waals surface area contributed by atoms with Crippen molar-refractivity contribution < 1.29 is 19.1 Å². The fourth-order valence-electron chi connectivity index (χ4n) is 6.67. The van der Waals surface area contributed by atoms with Crippen LogP contribution in [0.2, 0.25) is 0 Å². The number of carbonyl (C=O) groups is 2. The number of methoxy groups -OCH3 is 1. The molecule has 4 fully saturated rings. The van der Waals surface area contributed by atoms with E-state index >= 15 is 0 Å². The number of aromatic nitrogens is 2. The van der Waals surface area contributed by atoms with Gasteiger partial charge in [0.15, 0.2) is 0 Å². The molecule has 1 aromatic rings. The van der Waals surface area contributed by atoms with Gasteiger partial charge in [-0.15, -0.1) is 0 Å². The number of rotatable bonds is 14. The van der Waals surface area contributed by atoms with E-state index in [0.29, 0.717) is 81.4 Å². The SMILES string of the molecule is COCCN(CCn1ncc(C(=O)NC2C3CC4CC(C3)CC2C4)c1OCC(C)C)C(=O)CCCN. The van der Waals surface area contributed by atoms with Crippen molar-refractivity contribution in [3.05, 3.63) is 11.8 Å². The standard InChI is InChI=1S/C27H45N5O4/c1-18(2)17-36-27-23(26(34)30-25-21-12-19-11-20(14-21)15-22(25)13-19)16-29-32(27)8-7-31(9-10-35-3)24(33)5-4-6-28/h16,18-22,25H,4-15,17,28H2,1-3H3,(H,30,34). The highest BCUT2D eigenvalue weighted by molar-refractivity contribution is 5.96. The van der Waals surface area contributed by atoms with Crippen molar-refractivity contribution in [1.82, 2.24) is 20.0 Å². The van der Waals surface area contributed by atoms with Crippen LogP contribution in [0, 0.1) is 29.6 Å². The maximum Gasteiger partial charge on any atom is 0.258 e. The highest BCUT2D eigenvalue weighted by atomic mass is 16.5. The lowest BCUT2D eigenvalue weighted by Crippen LogP contribution is -2.55. The monoisotopic (exact) mass is 503 g/mol. The van der Waals surface area contributed by atoms with Crippen molar-refractivity contribution in [2.24, 2.45) is 35.3 Å². The third-order valence-electron chi connectivity index (χ3n) is 8.21. The van der Waals surface area contributed by atoms with Gasteiger partial charge in [-0.3, -0.25) is 9.59 Å². The Morgan fingerprint density at radius 2 is 1.86 bits per heavy atom. The maximum absolute atomic E-state index is 13.5. The molecule has 0 saturated heterocycles. The van der Waals surface area contributed by atoms with E-state index in [-0.39, 0.29) is 17.9 Å². The van der Waals surface area contributed by atoms with Gasteiger partial charge in [0.1, 0.15) is 5.56 Å². The number of amides is 2. The molecule has 0 aliphatic heterocycles. The van der Waals surface area contributed by atoms with E-state index in [9.17, 15) is 9.59 Å². The number of nitrogens with one attached hydrogen (secondary N) is 1. The van der Waals surface area contributed by atoms with Gasteiger partial charge < -0.3 is 25.4 Å². The van der Waals surface area contributed by atoms with Crippen LogP contribution >= 0.6 is 0 Å². The Morgan fingerprint density at radius 1 is 1.17 bits per heavy atom. The van der Waals surface area contributed by atoms with Crippen molar-refractivity contribution >= 4 is 11.8 Å². The molecule has 4 bridgehead atoms. The second kappa shape index (κ2) is 12.4. The first-order valence-electron chi connectivity index (χ1n) is 13.9. The zero-order valence-corrected chi connectivity index (χ0v) is 22.3. The summed E-state index contributed by atoms with van der Waals surface area (Å²) < 4.78 is 13.1. The summed E-state index contributed by atoms with van der Waals surface area (Å²) in [7, 11) is 1.63. The molecule has 0 aromatic carbocycles. The minimum atomic E-state index is -0.0901. The van der Waals surface area contributed by atoms with Crippen LogP contribution in [0.15, 0.2) is 6.20 Å². The maximum atomic E-state index is 13.5. The summed E-state index contributed by atoms with van der Waals surface area (Å²) in [5, 5.41) is 7.90. The molecule has 202 valence electrons. The van der Waals surface area contributed by atoms with Crippen molar-refractivity contribution in [1.29, 1.82) is 0 Å². The summed E-state index contributed by atoms with van der Waals surface area (Å²) in [6.45, 7) is 7.01. The molecule has 36 heavy (non-hydrogen) atoms. The average Bonchev–Trinajstić information content (AvgIpc) is 3.25. The number of ether oxygens (including phenoxy) is 2. The summed E-state index contributed by atoms with van der Waals surface area (Å²) in [4.78, 5) is 27.9. The predicted molar refractivity (Wildman–Crippen MR) is 138 cm³/mol. The van der Waals surface area contributed by atoms with Crippen molar-refractivity contribution in [3.8, 4) is 5.88 Å². The normalized spacial score (nSPS) is 26.4. The highest BCUT2D eigenvalue weighted by Gasteiger charge is 2.48. The van der Waals surface area contributed by atoms with E-state index in [1.807, 2.05) is 0 Å². The Balaban J connectivity index is 1.45. The van der Waals surface area contributed by atoms with E-state index in [1.54, 1.807) is 22.9 Å². The lowest BCUT2D eigenvalue weighted by molar-refractivity contribution is -0.132. The molecule has 0 atom stereocenters. The van der Waals surface area contributed by atoms with Gasteiger partial charge in [-0.2, -0.15) is 5.10 Å². The Morgan fingerprint density at radius 3 is 2.47 bits per heavy atom. The second-order valence-corrected chi connectivity index (χ2v) is 11.5. The Bertz CT molecular complexity index is 858. The zero-order valence-electron chi connectivity index (χ0n) is 22.3. The number of nitrogens with zero attached hydrogens (tertiary/aromatic N) is 3. The first kappa shape index (κ1) is 26.9. The molecule has 9 heteroatoms. The summed E-state index contributed by atoms with van der Waals surface area (Å²) in [6, 6.07) is 0.260. The van der Waals surface area contributed by atoms with Gasteiger partial charge >= 0.3 is 0 Å². The summed E-state index contributed by atoms with van der Waals surface area (Å²) in [6.07, 6.45) is 9.09. The molecular formula is C27H45N5O4. The molecule has 0 spiro atoms. The van der Waals surface area contributed by atoms with Crippen LogP contribution in [0.4, 0.5) is 0 Å². The fourth-order valence-corrected chi connectivity index (χ4v) is 6.67. The van der Waals surface area contributed by atoms with Gasteiger partial charge in [0.05, 0.1) is 26.0 Å². The van der Waals surface area contributed by atoms with E-state index in [1.165, 1.54) is 32.1 Å². The minimum absolute atomic E-state index is 0.0501. The van der Waals surface area contributed by atoms with Crippen LogP contribution in [0.1, 0.15) is 69.2 Å². The molecule has 4 aliphatic carbocycles. The summed E-state index contributed by atoms with van der Waals surface area (Å²) >= 11 is 0. The van der Waals surface area contributed by atoms with Crippen LogP contribution in [0.3, 0.4) is 0 Å². The first-order chi connectivity index (χ1) is 17.4. The third kappa shape index (κ3) is 6.40. The molecule has 3 N–H and O–H groups in total. The molecule has 1 heterocycles. The topological polar surface area (TPSA) is 112 Å². The third-order valence-corrected chi connectivity index (χ3v) is 8.21. The highest BCUT2D eigenvalue weighted by Crippen LogP contribution is 2.53. The Labute approximate surface area is 215 Å². The van der Waals surface area contributed by atoms with Gasteiger partial charge in [0, 0.05) is 32.7 Å². The second-order valence-electron chi connectivity index (χ2n) is 11.5.